The molecule has 0 atom stereocenters. The smallest absolute Gasteiger partial charge is 0.161 e. The topological polar surface area (TPSA) is 68.0 Å². The molecule has 28 heavy (non-hydrogen) atoms. The maximum atomic E-state index is 9.92. The highest BCUT2D eigenvalue weighted by molar-refractivity contribution is 5.80. The minimum atomic E-state index is 0.0936. The van der Waals surface area contributed by atoms with E-state index in [2.05, 4.69) is 5.32 Å². The Labute approximate surface area is 163 Å². The van der Waals surface area contributed by atoms with E-state index in [1.54, 1.807) is 12.1 Å². The van der Waals surface area contributed by atoms with E-state index in [1.807, 2.05) is 66.1 Å². The Hall–Kier alpha value is -3.67. The van der Waals surface area contributed by atoms with Crippen molar-refractivity contribution in [1.82, 2.24) is 9.38 Å². The van der Waals surface area contributed by atoms with Crippen molar-refractivity contribution < 1.29 is 14.6 Å². The number of anilines is 2. The number of imidazole rings is 1. The van der Waals surface area contributed by atoms with Gasteiger partial charge < -0.3 is 19.9 Å². The van der Waals surface area contributed by atoms with Gasteiger partial charge in [-0.1, -0.05) is 6.07 Å². The predicted octanol–water partition coefficient (Wildman–Crippen LogP) is 4.86. The van der Waals surface area contributed by atoms with Gasteiger partial charge in [0.15, 0.2) is 11.5 Å². The summed E-state index contributed by atoms with van der Waals surface area (Å²) in [5.41, 5.74) is 3.34. The first kappa shape index (κ1) is 17.7. The Kier molecular flexibility index (Phi) is 4.76. The molecule has 6 nitrogen and oxygen atoms in total. The van der Waals surface area contributed by atoms with Crippen LogP contribution in [0.4, 0.5) is 11.5 Å². The molecule has 0 saturated carbocycles. The van der Waals surface area contributed by atoms with Crippen molar-refractivity contribution in [3.05, 3.63) is 66.9 Å². The zero-order valence-corrected chi connectivity index (χ0v) is 15.7. The van der Waals surface area contributed by atoms with Gasteiger partial charge in [0.2, 0.25) is 0 Å². The number of hydrogen-bond donors (Lipinski definition) is 2. The number of pyridine rings is 1. The minimum absolute atomic E-state index is 0.0936. The molecule has 0 radical (unpaired) electrons. The quantitative estimate of drug-likeness (QED) is 0.504. The molecule has 6 heteroatoms. The number of rotatable bonds is 6. The predicted molar refractivity (Wildman–Crippen MR) is 110 cm³/mol. The van der Waals surface area contributed by atoms with Gasteiger partial charge >= 0.3 is 0 Å². The van der Waals surface area contributed by atoms with Crippen molar-refractivity contribution in [2.75, 3.05) is 19.0 Å². The summed E-state index contributed by atoms with van der Waals surface area (Å²) >= 11 is 0. The van der Waals surface area contributed by atoms with Crippen LogP contribution in [0, 0.1) is 0 Å². The summed E-state index contributed by atoms with van der Waals surface area (Å²) in [6.45, 7) is 2.59. The molecule has 0 saturated heterocycles. The maximum Gasteiger partial charge on any atom is 0.161 e. The number of nitrogens with one attached hydrogen (secondary N) is 1. The highest BCUT2D eigenvalue weighted by atomic mass is 16.5. The number of aromatic nitrogens is 2. The molecule has 0 unspecified atom stereocenters. The average molecular weight is 375 g/mol. The van der Waals surface area contributed by atoms with Crippen molar-refractivity contribution in [1.29, 1.82) is 0 Å². The molecule has 0 fully saturated rings. The molecule has 2 aromatic heterocycles. The summed E-state index contributed by atoms with van der Waals surface area (Å²) in [4.78, 5) is 4.77. The van der Waals surface area contributed by atoms with Crippen molar-refractivity contribution in [3.63, 3.8) is 0 Å². The van der Waals surface area contributed by atoms with Gasteiger partial charge in [-0.25, -0.2) is 4.98 Å². The highest BCUT2D eigenvalue weighted by Crippen LogP contribution is 2.36. The molecule has 4 aromatic rings. The van der Waals surface area contributed by atoms with Gasteiger partial charge in [-0.15, -0.1) is 0 Å². The minimum Gasteiger partial charge on any atom is -0.504 e. The van der Waals surface area contributed by atoms with Crippen molar-refractivity contribution in [2.45, 2.75) is 6.92 Å². The largest absolute Gasteiger partial charge is 0.504 e. The van der Waals surface area contributed by atoms with Crippen molar-refractivity contribution >= 4 is 17.2 Å². The van der Waals surface area contributed by atoms with E-state index < -0.39 is 0 Å². The summed E-state index contributed by atoms with van der Waals surface area (Å²) in [7, 11) is 1.53. The zero-order valence-electron chi connectivity index (χ0n) is 15.7. The lowest BCUT2D eigenvalue weighted by Gasteiger charge is -2.11. The maximum absolute atomic E-state index is 9.92. The number of fused-ring (bicyclic) bond motifs is 1. The zero-order chi connectivity index (χ0) is 19.5. The van der Waals surface area contributed by atoms with Gasteiger partial charge in [0.1, 0.15) is 22.9 Å². The van der Waals surface area contributed by atoms with Gasteiger partial charge in [-0.05, 0) is 61.5 Å². The number of phenols is 1. The van der Waals surface area contributed by atoms with E-state index in [0.717, 1.165) is 34.2 Å². The first-order valence-electron chi connectivity index (χ1n) is 9.04. The van der Waals surface area contributed by atoms with E-state index in [0.29, 0.717) is 12.4 Å². The Morgan fingerprint density at radius 1 is 1.07 bits per heavy atom. The Balaban J connectivity index is 1.79. The van der Waals surface area contributed by atoms with Crippen LogP contribution in [0.1, 0.15) is 6.92 Å². The number of ether oxygens (including phenoxy) is 2. The van der Waals surface area contributed by atoms with Gasteiger partial charge in [0.05, 0.1) is 13.7 Å². The van der Waals surface area contributed by atoms with Crippen LogP contribution in [0.3, 0.4) is 0 Å². The fourth-order valence-electron chi connectivity index (χ4n) is 3.08. The number of aromatic hydroxyl groups is 1. The Morgan fingerprint density at radius 2 is 1.89 bits per heavy atom. The third-order valence-corrected chi connectivity index (χ3v) is 4.41. The summed E-state index contributed by atoms with van der Waals surface area (Å²) < 4.78 is 12.8. The molecule has 2 heterocycles. The van der Waals surface area contributed by atoms with E-state index in [-0.39, 0.29) is 5.75 Å². The van der Waals surface area contributed by atoms with Crippen LogP contribution in [0.2, 0.25) is 0 Å². The summed E-state index contributed by atoms with van der Waals surface area (Å²) in [5, 5.41) is 13.4. The second kappa shape index (κ2) is 7.52. The van der Waals surface area contributed by atoms with Gasteiger partial charge in [0.25, 0.3) is 0 Å². The van der Waals surface area contributed by atoms with E-state index in [4.69, 9.17) is 14.5 Å². The van der Waals surface area contributed by atoms with Crippen LogP contribution >= 0.6 is 0 Å². The van der Waals surface area contributed by atoms with Crippen LogP contribution in [-0.4, -0.2) is 28.2 Å². The first-order chi connectivity index (χ1) is 13.7. The lowest BCUT2D eigenvalue weighted by Crippen LogP contribution is -1.97. The Bertz CT molecular complexity index is 1100. The van der Waals surface area contributed by atoms with E-state index in [1.165, 1.54) is 7.11 Å². The molecule has 0 aliphatic heterocycles. The summed E-state index contributed by atoms with van der Waals surface area (Å²) in [6.07, 6.45) is 1.96. The standard InChI is InChI=1S/C22H21N3O3/c1-3-28-17-10-8-16(9-11-17)23-22-21(24-20-6-4-5-13-25(20)22)15-7-12-18(26)19(14-15)27-2/h4-14,23,26H,3H2,1-2H3. The third kappa shape index (κ3) is 3.32. The monoisotopic (exact) mass is 375 g/mol. The fraction of sp³-hybridized carbons (Fsp3) is 0.136. The molecule has 0 aliphatic rings. The first-order valence-corrected chi connectivity index (χ1v) is 9.04. The number of benzene rings is 2. The number of hydrogen-bond acceptors (Lipinski definition) is 5. The number of methoxy groups -OCH3 is 1. The van der Waals surface area contributed by atoms with Crippen LogP contribution < -0.4 is 14.8 Å². The molecule has 0 bridgehead atoms. The lowest BCUT2D eigenvalue weighted by molar-refractivity contribution is 0.340. The second-order valence-corrected chi connectivity index (χ2v) is 6.21. The molecule has 0 spiro atoms. The SMILES string of the molecule is CCOc1ccc(Nc2c(-c3ccc(O)c(OC)c3)nc3ccccn23)cc1. The van der Waals surface area contributed by atoms with Crippen LogP contribution in [0.25, 0.3) is 16.9 Å². The van der Waals surface area contributed by atoms with E-state index in [9.17, 15) is 5.11 Å². The number of nitrogens with zero attached hydrogens (tertiary/aromatic N) is 2. The molecule has 2 N–H and O–H groups in total. The molecular formula is C22H21N3O3. The van der Waals surface area contributed by atoms with Crippen molar-refractivity contribution in [3.8, 4) is 28.5 Å². The average Bonchev–Trinajstić information content (AvgIpc) is 3.08. The van der Waals surface area contributed by atoms with Gasteiger partial charge in [-0.2, -0.15) is 0 Å². The highest BCUT2D eigenvalue weighted by Gasteiger charge is 2.16. The lowest BCUT2D eigenvalue weighted by atomic mass is 10.1. The van der Waals surface area contributed by atoms with Gasteiger partial charge in [0, 0.05) is 17.4 Å². The molecule has 0 amide bonds. The Morgan fingerprint density at radius 3 is 2.64 bits per heavy atom. The molecular weight excluding hydrogens is 354 g/mol. The molecule has 0 aliphatic carbocycles. The molecule has 142 valence electrons. The van der Waals surface area contributed by atoms with Gasteiger partial charge in [-0.3, -0.25) is 4.40 Å². The number of phenolic OH excluding ortho intramolecular Hbond substituents is 1. The summed E-state index contributed by atoms with van der Waals surface area (Å²) in [5.74, 6) is 2.15. The van der Waals surface area contributed by atoms with Crippen LogP contribution in [-0.2, 0) is 0 Å². The van der Waals surface area contributed by atoms with E-state index >= 15 is 0 Å². The fourth-order valence-corrected chi connectivity index (χ4v) is 3.08. The molecule has 4 rings (SSSR count). The molecule has 2 aromatic carbocycles. The van der Waals surface area contributed by atoms with Crippen molar-refractivity contribution in [2.24, 2.45) is 0 Å². The summed E-state index contributed by atoms with van der Waals surface area (Å²) in [6, 6.07) is 18.9. The third-order valence-electron chi connectivity index (χ3n) is 4.41. The normalized spacial score (nSPS) is 10.8. The van der Waals surface area contributed by atoms with Crippen LogP contribution in [0.15, 0.2) is 66.9 Å². The second-order valence-electron chi connectivity index (χ2n) is 6.21. The van der Waals surface area contributed by atoms with Crippen LogP contribution in [0.5, 0.6) is 17.2 Å².